The molecule has 1 heterocycles. The fraction of sp³-hybridized carbons (Fsp3) is 0.818. The Balaban J connectivity index is 1.95. The minimum Gasteiger partial charge on any atom is -0.375 e. The molecule has 1 nitrogen and oxygen atoms in total. The fourth-order valence-corrected chi connectivity index (χ4v) is 2.29. The monoisotopic (exact) mass is 165 g/mol. The number of nitrogens with zero attached hydrogens (tertiary/aromatic N) is 1. The summed E-state index contributed by atoms with van der Waals surface area (Å²) >= 11 is 0. The van der Waals surface area contributed by atoms with E-state index in [0.717, 1.165) is 0 Å². The molecule has 2 rings (SSSR count). The number of allylic oxidation sites excluding steroid dienone is 2. The van der Waals surface area contributed by atoms with Gasteiger partial charge in [-0.2, -0.15) is 0 Å². The van der Waals surface area contributed by atoms with Crippen molar-refractivity contribution < 1.29 is 0 Å². The Labute approximate surface area is 75.4 Å². The molecule has 2 aliphatic rings. The summed E-state index contributed by atoms with van der Waals surface area (Å²) in [7, 11) is 0. The Bertz CT molecular complexity index is 166. The summed E-state index contributed by atoms with van der Waals surface area (Å²) in [6.07, 6.45) is 12.3. The molecule has 0 aromatic carbocycles. The smallest absolute Gasteiger partial charge is 0.0175 e. The van der Waals surface area contributed by atoms with Gasteiger partial charge < -0.3 is 4.90 Å². The standard InChI is InChI=1S/C11H19N/c1-2-4-8-11(7-3-1)12-9-5-6-10-12/h7H,1-6,8-10H2. The molecular weight excluding hydrogens is 146 g/mol. The van der Waals surface area contributed by atoms with E-state index in [1.807, 2.05) is 0 Å². The van der Waals surface area contributed by atoms with Crippen LogP contribution in [0.3, 0.4) is 0 Å². The Hall–Kier alpha value is -0.460. The van der Waals surface area contributed by atoms with Crippen molar-refractivity contribution in [1.29, 1.82) is 0 Å². The lowest BCUT2D eigenvalue weighted by atomic mass is 10.2. The Morgan fingerprint density at radius 1 is 0.917 bits per heavy atom. The van der Waals surface area contributed by atoms with E-state index in [9.17, 15) is 0 Å². The Morgan fingerprint density at radius 3 is 2.58 bits per heavy atom. The molecule has 0 aromatic heterocycles. The normalized spacial score (nSPS) is 25.3. The van der Waals surface area contributed by atoms with Crippen molar-refractivity contribution in [2.24, 2.45) is 0 Å². The molecule has 0 bridgehead atoms. The highest BCUT2D eigenvalue weighted by molar-refractivity contribution is 5.04. The maximum Gasteiger partial charge on any atom is 0.0175 e. The second-order valence-electron chi connectivity index (χ2n) is 3.99. The third kappa shape index (κ3) is 1.82. The molecule has 0 radical (unpaired) electrons. The van der Waals surface area contributed by atoms with Crippen LogP contribution in [0.2, 0.25) is 0 Å². The van der Waals surface area contributed by atoms with Gasteiger partial charge in [0.05, 0.1) is 0 Å². The van der Waals surface area contributed by atoms with Crippen LogP contribution in [-0.4, -0.2) is 18.0 Å². The van der Waals surface area contributed by atoms with Crippen molar-refractivity contribution >= 4 is 0 Å². The fourth-order valence-electron chi connectivity index (χ4n) is 2.29. The van der Waals surface area contributed by atoms with Crippen LogP contribution in [0.15, 0.2) is 11.8 Å². The van der Waals surface area contributed by atoms with Gasteiger partial charge >= 0.3 is 0 Å². The summed E-state index contributed by atoms with van der Waals surface area (Å²) < 4.78 is 0. The van der Waals surface area contributed by atoms with Crippen LogP contribution in [0.5, 0.6) is 0 Å². The van der Waals surface area contributed by atoms with Crippen molar-refractivity contribution in [2.45, 2.75) is 44.9 Å². The highest BCUT2D eigenvalue weighted by atomic mass is 15.1. The topological polar surface area (TPSA) is 3.24 Å². The summed E-state index contributed by atoms with van der Waals surface area (Å²) in [5.41, 5.74) is 1.66. The van der Waals surface area contributed by atoms with E-state index in [-0.39, 0.29) is 0 Å². The maximum absolute atomic E-state index is 2.60. The van der Waals surface area contributed by atoms with Gasteiger partial charge in [-0.25, -0.2) is 0 Å². The maximum atomic E-state index is 2.60. The van der Waals surface area contributed by atoms with Gasteiger partial charge in [0.1, 0.15) is 0 Å². The molecule has 68 valence electrons. The zero-order valence-electron chi connectivity index (χ0n) is 7.89. The van der Waals surface area contributed by atoms with Crippen LogP contribution in [0, 0.1) is 0 Å². The first-order valence-electron chi connectivity index (χ1n) is 5.41. The lowest BCUT2D eigenvalue weighted by Gasteiger charge is -2.20. The van der Waals surface area contributed by atoms with E-state index < -0.39 is 0 Å². The number of hydrogen-bond donors (Lipinski definition) is 0. The molecule has 0 aromatic rings. The van der Waals surface area contributed by atoms with Crippen LogP contribution in [0.4, 0.5) is 0 Å². The summed E-state index contributed by atoms with van der Waals surface area (Å²) in [5, 5.41) is 0. The summed E-state index contributed by atoms with van der Waals surface area (Å²) in [4.78, 5) is 2.60. The first-order valence-corrected chi connectivity index (χ1v) is 5.41. The molecule has 0 amide bonds. The molecule has 1 saturated heterocycles. The van der Waals surface area contributed by atoms with Crippen molar-refractivity contribution in [3.05, 3.63) is 11.8 Å². The summed E-state index contributed by atoms with van der Waals surface area (Å²) in [6.45, 7) is 2.65. The number of hydrogen-bond acceptors (Lipinski definition) is 1. The molecule has 1 heteroatoms. The van der Waals surface area contributed by atoms with E-state index in [0.29, 0.717) is 0 Å². The lowest BCUT2D eigenvalue weighted by Crippen LogP contribution is -2.18. The van der Waals surface area contributed by atoms with Gasteiger partial charge in [0.25, 0.3) is 0 Å². The largest absolute Gasteiger partial charge is 0.375 e. The average Bonchev–Trinajstić information content (AvgIpc) is 2.48. The van der Waals surface area contributed by atoms with Crippen LogP contribution in [0.25, 0.3) is 0 Å². The first-order chi connectivity index (χ1) is 5.97. The van der Waals surface area contributed by atoms with Crippen LogP contribution in [-0.2, 0) is 0 Å². The highest BCUT2D eigenvalue weighted by Crippen LogP contribution is 2.23. The van der Waals surface area contributed by atoms with Crippen molar-refractivity contribution in [3.8, 4) is 0 Å². The molecule has 0 saturated carbocycles. The molecule has 0 N–H and O–H groups in total. The summed E-state index contributed by atoms with van der Waals surface area (Å²) in [6, 6.07) is 0. The lowest BCUT2D eigenvalue weighted by molar-refractivity contribution is 0.406. The summed E-state index contributed by atoms with van der Waals surface area (Å²) in [5.74, 6) is 0. The zero-order valence-corrected chi connectivity index (χ0v) is 7.89. The van der Waals surface area contributed by atoms with E-state index in [2.05, 4.69) is 11.0 Å². The average molecular weight is 165 g/mol. The van der Waals surface area contributed by atoms with Gasteiger partial charge in [-0.05, 0) is 38.5 Å². The van der Waals surface area contributed by atoms with Crippen LogP contribution < -0.4 is 0 Å². The van der Waals surface area contributed by atoms with Gasteiger partial charge in [0.2, 0.25) is 0 Å². The third-order valence-electron chi connectivity index (χ3n) is 3.03. The van der Waals surface area contributed by atoms with Crippen molar-refractivity contribution in [3.63, 3.8) is 0 Å². The predicted octanol–water partition coefficient (Wildman–Crippen LogP) is 2.93. The van der Waals surface area contributed by atoms with Gasteiger partial charge in [0.15, 0.2) is 0 Å². The highest BCUT2D eigenvalue weighted by Gasteiger charge is 2.14. The Morgan fingerprint density at radius 2 is 1.75 bits per heavy atom. The molecule has 1 fully saturated rings. The predicted molar refractivity (Wildman–Crippen MR) is 52.0 cm³/mol. The van der Waals surface area contributed by atoms with Crippen LogP contribution >= 0.6 is 0 Å². The Kier molecular flexibility index (Phi) is 2.70. The molecular formula is C11H19N. The minimum absolute atomic E-state index is 1.33. The first kappa shape index (κ1) is 8.15. The quantitative estimate of drug-likeness (QED) is 0.577. The van der Waals surface area contributed by atoms with Crippen LogP contribution in [0.1, 0.15) is 44.9 Å². The third-order valence-corrected chi connectivity index (χ3v) is 3.03. The number of likely N-dealkylation sites (tertiary alicyclic amines) is 1. The van der Waals surface area contributed by atoms with Gasteiger partial charge in [-0.15, -0.1) is 0 Å². The second kappa shape index (κ2) is 3.97. The van der Waals surface area contributed by atoms with E-state index >= 15 is 0 Å². The molecule has 12 heavy (non-hydrogen) atoms. The zero-order chi connectivity index (χ0) is 8.23. The van der Waals surface area contributed by atoms with E-state index in [4.69, 9.17) is 0 Å². The van der Waals surface area contributed by atoms with Gasteiger partial charge in [0, 0.05) is 18.8 Å². The SMILES string of the molecule is C1=C(N2CCCC2)CCCCC1. The second-order valence-corrected chi connectivity index (χ2v) is 3.99. The molecule has 0 spiro atoms. The molecule has 0 unspecified atom stereocenters. The van der Waals surface area contributed by atoms with E-state index in [1.54, 1.807) is 5.70 Å². The minimum atomic E-state index is 1.33. The van der Waals surface area contributed by atoms with Crippen molar-refractivity contribution in [1.82, 2.24) is 4.90 Å². The molecule has 0 atom stereocenters. The number of rotatable bonds is 1. The van der Waals surface area contributed by atoms with E-state index in [1.165, 1.54) is 58.0 Å². The molecule has 1 aliphatic heterocycles. The molecule has 1 aliphatic carbocycles. The van der Waals surface area contributed by atoms with Crippen molar-refractivity contribution in [2.75, 3.05) is 13.1 Å². The van der Waals surface area contributed by atoms with Gasteiger partial charge in [-0.3, -0.25) is 0 Å². The van der Waals surface area contributed by atoms with Gasteiger partial charge in [-0.1, -0.05) is 12.5 Å².